The van der Waals surface area contributed by atoms with E-state index < -0.39 is 0 Å². The van der Waals surface area contributed by atoms with Crippen LogP contribution >= 0.6 is 11.3 Å². The van der Waals surface area contributed by atoms with Gasteiger partial charge in [0.05, 0.1) is 24.9 Å². The number of nitrogens with one attached hydrogen (secondary N) is 1. The molecule has 4 rings (SSSR count). The Balaban J connectivity index is 1.68. The van der Waals surface area contributed by atoms with Gasteiger partial charge in [-0.25, -0.2) is 0 Å². The van der Waals surface area contributed by atoms with Crippen LogP contribution in [0, 0.1) is 0 Å². The quantitative estimate of drug-likeness (QED) is 0.757. The van der Waals surface area contributed by atoms with Crippen LogP contribution < -0.4 is 10.1 Å². The van der Waals surface area contributed by atoms with Crippen molar-refractivity contribution in [3.63, 3.8) is 0 Å². The summed E-state index contributed by atoms with van der Waals surface area (Å²) in [6.07, 6.45) is 1.42. The smallest absolute Gasteiger partial charge is 0.258 e. The zero-order chi connectivity index (χ0) is 17.2. The molecule has 3 aromatic rings. The third-order valence-electron chi connectivity index (χ3n) is 4.18. The number of thiophene rings is 1. The minimum Gasteiger partial charge on any atom is -0.497 e. The molecule has 1 amide bonds. The molecule has 25 heavy (non-hydrogen) atoms. The highest BCUT2D eigenvalue weighted by Crippen LogP contribution is 2.35. The maximum Gasteiger partial charge on any atom is 0.258 e. The molecule has 0 saturated heterocycles. The first-order valence-electron chi connectivity index (χ1n) is 7.95. The standard InChI is InChI=1S/C19H17N3O2S/c1-24-14-6-2-5-13(11-14)21-18-17-16(8-3-9-20-17)19(23)22(18)12-15-7-4-10-25-15/h2-11,18,21H,12H2,1H3/t18-/m1/s1. The van der Waals surface area contributed by atoms with Crippen molar-refractivity contribution in [1.29, 1.82) is 0 Å². The number of ether oxygens (including phenoxy) is 1. The number of carbonyl (C=O) groups excluding carboxylic acids is 1. The number of hydrogen-bond acceptors (Lipinski definition) is 5. The number of carbonyl (C=O) groups is 1. The lowest BCUT2D eigenvalue weighted by atomic mass is 10.2. The van der Waals surface area contributed by atoms with E-state index in [4.69, 9.17) is 4.74 Å². The van der Waals surface area contributed by atoms with E-state index in [0.29, 0.717) is 12.1 Å². The summed E-state index contributed by atoms with van der Waals surface area (Å²) in [4.78, 5) is 20.3. The predicted molar refractivity (Wildman–Crippen MR) is 97.8 cm³/mol. The van der Waals surface area contributed by atoms with Gasteiger partial charge in [-0.1, -0.05) is 12.1 Å². The number of aromatic nitrogens is 1. The zero-order valence-corrected chi connectivity index (χ0v) is 14.5. The van der Waals surface area contributed by atoms with Crippen LogP contribution in [0.1, 0.15) is 27.1 Å². The van der Waals surface area contributed by atoms with Gasteiger partial charge in [0.25, 0.3) is 5.91 Å². The number of fused-ring (bicyclic) bond motifs is 1. The Hall–Kier alpha value is -2.86. The molecule has 3 heterocycles. The monoisotopic (exact) mass is 351 g/mol. The van der Waals surface area contributed by atoms with Gasteiger partial charge in [0.2, 0.25) is 0 Å². The lowest BCUT2D eigenvalue weighted by Gasteiger charge is -2.26. The Morgan fingerprint density at radius 2 is 2.16 bits per heavy atom. The van der Waals surface area contributed by atoms with Crippen molar-refractivity contribution < 1.29 is 9.53 Å². The fourth-order valence-electron chi connectivity index (χ4n) is 2.99. The number of nitrogens with zero attached hydrogens (tertiary/aromatic N) is 2. The maximum atomic E-state index is 12.9. The molecule has 126 valence electrons. The Morgan fingerprint density at radius 1 is 1.24 bits per heavy atom. The van der Waals surface area contributed by atoms with Crippen LogP contribution in [0.5, 0.6) is 5.75 Å². The Kier molecular flexibility index (Phi) is 4.11. The van der Waals surface area contributed by atoms with Crippen molar-refractivity contribution in [3.8, 4) is 5.75 Å². The molecule has 2 aromatic heterocycles. The number of hydrogen-bond donors (Lipinski definition) is 1. The molecule has 1 N–H and O–H groups in total. The summed E-state index contributed by atoms with van der Waals surface area (Å²) in [5.74, 6) is 0.761. The summed E-state index contributed by atoms with van der Waals surface area (Å²) < 4.78 is 5.29. The third kappa shape index (κ3) is 2.96. The summed E-state index contributed by atoms with van der Waals surface area (Å²) in [6.45, 7) is 0.550. The molecule has 0 unspecified atom stereocenters. The predicted octanol–water partition coefficient (Wildman–Crippen LogP) is 3.92. The van der Waals surface area contributed by atoms with Gasteiger partial charge in [0.15, 0.2) is 0 Å². The van der Waals surface area contributed by atoms with Gasteiger partial charge in [0, 0.05) is 22.8 Å². The van der Waals surface area contributed by atoms with Crippen LogP contribution in [0.15, 0.2) is 60.1 Å². The van der Waals surface area contributed by atoms with E-state index in [1.807, 2.05) is 52.7 Å². The SMILES string of the molecule is COc1cccc(N[C@H]2c3ncccc3C(=O)N2Cc2cccs2)c1. The van der Waals surface area contributed by atoms with Crippen molar-refractivity contribution in [2.45, 2.75) is 12.7 Å². The molecule has 0 bridgehead atoms. The van der Waals surface area contributed by atoms with Crippen molar-refractivity contribution in [3.05, 3.63) is 76.2 Å². The molecule has 0 spiro atoms. The topological polar surface area (TPSA) is 54.5 Å². The van der Waals surface area contributed by atoms with E-state index in [-0.39, 0.29) is 12.1 Å². The Bertz CT molecular complexity index is 895. The molecule has 0 fully saturated rings. The molecule has 6 heteroatoms. The fourth-order valence-corrected chi connectivity index (χ4v) is 3.69. The molecule has 1 aliphatic rings. The Morgan fingerprint density at radius 3 is 2.96 bits per heavy atom. The normalized spacial score (nSPS) is 16.0. The number of rotatable bonds is 5. The second-order valence-corrected chi connectivity index (χ2v) is 6.76. The first-order valence-corrected chi connectivity index (χ1v) is 8.83. The number of methoxy groups -OCH3 is 1. The van der Waals surface area contributed by atoms with Gasteiger partial charge in [0.1, 0.15) is 11.9 Å². The largest absolute Gasteiger partial charge is 0.497 e. The van der Waals surface area contributed by atoms with Gasteiger partial charge >= 0.3 is 0 Å². The summed E-state index contributed by atoms with van der Waals surface area (Å²) in [5.41, 5.74) is 2.29. The van der Waals surface area contributed by atoms with E-state index in [9.17, 15) is 4.79 Å². The second-order valence-electron chi connectivity index (χ2n) is 5.73. The van der Waals surface area contributed by atoms with Crippen LogP contribution in [0.4, 0.5) is 5.69 Å². The lowest BCUT2D eigenvalue weighted by Crippen LogP contribution is -2.31. The number of amides is 1. The molecular weight excluding hydrogens is 334 g/mol. The molecule has 0 saturated carbocycles. The summed E-state index contributed by atoms with van der Waals surface area (Å²) >= 11 is 1.64. The highest BCUT2D eigenvalue weighted by Gasteiger charge is 2.38. The van der Waals surface area contributed by atoms with Crippen LogP contribution in [-0.2, 0) is 6.54 Å². The highest BCUT2D eigenvalue weighted by atomic mass is 32.1. The number of pyridine rings is 1. The minimum absolute atomic E-state index is 0.00287. The highest BCUT2D eigenvalue weighted by molar-refractivity contribution is 7.09. The lowest BCUT2D eigenvalue weighted by molar-refractivity contribution is 0.0729. The number of benzene rings is 1. The Labute approximate surface area is 149 Å². The summed E-state index contributed by atoms with van der Waals surface area (Å²) in [6, 6.07) is 15.3. The van der Waals surface area contributed by atoms with E-state index in [1.54, 1.807) is 30.7 Å². The van der Waals surface area contributed by atoms with Crippen molar-refractivity contribution in [1.82, 2.24) is 9.88 Å². The molecule has 0 radical (unpaired) electrons. The second kappa shape index (κ2) is 6.57. The van der Waals surface area contributed by atoms with Crippen molar-refractivity contribution >= 4 is 22.9 Å². The van der Waals surface area contributed by atoms with Crippen LogP contribution in [0.25, 0.3) is 0 Å². The van der Waals surface area contributed by atoms with Crippen LogP contribution in [-0.4, -0.2) is 22.9 Å². The molecular formula is C19H17N3O2S. The summed E-state index contributed by atoms with van der Waals surface area (Å²) in [5, 5.41) is 5.45. The zero-order valence-electron chi connectivity index (χ0n) is 13.7. The molecule has 1 aliphatic heterocycles. The first-order chi connectivity index (χ1) is 12.3. The van der Waals surface area contributed by atoms with Crippen molar-refractivity contribution in [2.24, 2.45) is 0 Å². The summed E-state index contributed by atoms with van der Waals surface area (Å²) in [7, 11) is 1.64. The van der Waals surface area contributed by atoms with E-state index in [2.05, 4.69) is 10.3 Å². The average molecular weight is 351 g/mol. The first kappa shape index (κ1) is 15.7. The van der Waals surface area contributed by atoms with E-state index >= 15 is 0 Å². The minimum atomic E-state index is -0.307. The van der Waals surface area contributed by atoms with Gasteiger partial charge < -0.3 is 15.0 Å². The number of anilines is 1. The van der Waals surface area contributed by atoms with E-state index in [0.717, 1.165) is 22.0 Å². The van der Waals surface area contributed by atoms with E-state index in [1.165, 1.54) is 0 Å². The van der Waals surface area contributed by atoms with Gasteiger partial charge in [-0.05, 0) is 35.7 Å². The van der Waals surface area contributed by atoms with Gasteiger partial charge in [-0.15, -0.1) is 11.3 Å². The molecule has 5 nitrogen and oxygen atoms in total. The van der Waals surface area contributed by atoms with Crippen molar-refractivity contribution in [2.75, 3.05) is 12.4 Å². The molecule has 1 aromatic carbocycles. The maximum absolute atomic E-state index is 12.9. The third-order valence-corrected chi connectivity index (χ3v) is 5.04. The van der Waals surface area contributed by atoms with Gasteiger partial charge in [-0.3, -0.25) is 9.78 Å². The van der Waals surface area contributed by atoms with Gasteiger partial charge in [-0.2, -0.15) is 0 Å². The molecule has 1 atom stereocenters. The average Bonchev–Trinajstić information content (AvgIpc) is 3.25. The molecule has 0 aliphatic carbocycles. The van der Waals surface area contributed by atoms with Crippen LogP contribution in [0.2, 0.25) is 0 Å². The fraction of sp³-hybridized carbons (Fsp3) is 0.158. The van der Waals surface area contributed by atoms with Crippen LogP contribution in [0.3, 0.4) is 0 Å².